The van der Waals surface area contributed by atoms with Gasteiger partial charge < -0.3 is 4.90 Å². The minimum atomic E-state index is -3.32. The molecule has 0 unspecified atom stereocenters. The Hall–Kier alpha value is -2.97. The summed E-state index contributed by atoms with van der Waals surface area (Å²) in [5.74, 6) is -4.36. The molecule has 0 bridgehead atoms. The van der Waals surface area contributed by atoms with E-state index in [2.05, 4.69) is 15.1 Å². The highest BCUT2D eigenvalue weighted by Gasteiger charge is 2.29. The molecule has 1 aliphatic heterocycles. The first-order chi connectivity index (χ1) is 12.8. The minimum Gasteiger partial charge on any atom is -0.341 e. The summed E-state index contributed by atoms with van der Waals surface area (Å²) in [6.45, 7) is 2.14. The zero-order chi connectivity index (χ0) is 19.2. The van der Waals surface area contributed by atoms with Crippen LogP contribution >= 0.6 is 0 Å². The van der Waals surface area contributed by atoms with E-state index in [9.17, 15) is 18.0 Å². The number of rotatable bonds is 4. The van der Waals surface area contributed by atoms with Crippen molar-refractivity contribution < 1.29 is 18.0 Å². The number of amides is 1. The quantitative estimate of drug-likeness (QED) is 0.703. The summed E-state index contributed by atoms with van der Waals surface area (Å²) in [6.07, 6.45) is 3.90. The topological polar surface area (TPSA) is 63.9 Å². The number of halogens is 3. The molecule has 0 radical (unpaired) electrons. The van der Waals surface area contributed by atoms with E-state index in [1.165, 1.54) is 23.1 Å². The van der Waals surface area contributed by atoms with Gasteiger partial charge in [-0.25, -0.2) is 27.8 Å². The number of hydrogen-bond acceptors (Lipinski definition) is 4. The van der Waals surface area contributed by atoms with Gasteiger partial charge >= 0.3 is 0 Å². The number of fused-ring (bicyclic) bond motifs is 1. The Morgan fingerprint density at radius 1 is 1.26 bits per heavy atom. The van der Waals surface area contributed by atoms with Gasteiger partial charge in [-0.1, -0.05) is 0 Å². The van der Waals surface area contributed by atoms with Crippen molar-refractivity contribution in [2.24, 2.45) is 0 Å². The largest absolute Gasteiger partial charge is 0.341 e. The number of benzene rings is 1. The summed E-state index contributed by atoms with van der Waals surface area (Å²) >= 11 is 0. The molecule has 3 aromatic rings. The summed E-state index contributed by atoms with van der Waals surface area (Å²) in [5, 5.41) is 4.15. The van der Waals surface area contributed by atoms with E-state index in [1.54, 1.807) is 4.90 Å². The summed E-state index contributed by atoms with van der Waals surface area (Å²) < 4.78 is 42.4. The Labute approximate surface area is 152 Å². The maximum atomic E-state index is 13.7. The standard InChI is InChI=1S/C18H16F3N5O/c1-18(20,21)12-7-11(3-4-13(12)19)14-8-22-15-9-23-26(17(15)24-14)10-16(27)25-5-2-6-25/h3-4,7-9H,2,5-6,10H2,1H3. The molecule has 1 aliphatic rings. The van der Waals surface area contributed by atoms with Crippen LogP contribution in [0.25, 0.3) is 22.4 Å². The van der Waals surface area contributed by atoms with E-state index in [4.69, 9.17) is 0 Å². The third-order valence-electron chi connectivity index (χ3n) is 4.57. The Morgan fingerprint density at radius 3 is 2.70 bits per heavy atom. The molecule has 1 saturated heterocycles. The lowest BCUT2D eigenvalue weighted by Crippen LogP contribution is -2.43. The molecule has 1 aromatic carbocycles. The first-order valence-electron chi connectivity index (χ1n) is 8.47. The van der Waals surface area contributed by atoms with Crippen molar-refractivity contribution in [3.63, 3.8) is 0 Å². The molecule has 0 aliphatic carbocycles. The predicted octanol–water partition coefficient (Wildman–Crippen LogP) is 2.98. The van der Waals surface area contributed by atoms with E-state index in [0.29, 0.717) is 29.3 Å². The van der Waals surface area contributed by atoms with Crippen molar-refractivity contribution >= 4 is 17.1 Å². The van der Waals surface area contributed by atoms with Gasteiger partial charge in [-0.05, 0) is 24.6 Å². The second-order valence-electron chi connectivity index (χ2n) is 6.58. The maximum absolute atomic E-state index is 13.7. The molecular weight excluding hydrogens is 359 g/mol. The van der Waals surface area contributed by atoms with Crippen LogP contribution in [0, 0.1) is 5.82 Å². The van der Waals surface area contributed by atoms with Crippen LogP contribution in [0.4, 0.5) is 13.2 Å². The molecule has 0 atom stereocenters. The van der Waals surface area contributed by atoms with Gasteiger partial charge in [0.1, 0.15) is 17.9 Å². The molecule has 0 spiro atoms. The van der Waals surface area contributed by atoms with E-state index in [1.807, 2.05) is 0 Å². The summed E-state index contributed by atoms with van der Waals surface area (Å²) in [5.41, 5.74) is 0.757. The van der Waals surface area contributed by atoms with Crippen LogP contribution in [0.15, 0.2) is 30.6 Å². The third-order valence-corrected chi connectivity index (χ3v) is 4.57. The van der Waals surface area contributed by atoms with E-state index in [0.717, 1.165) is 31.6 Å². The highest BCUT2D eigenvalue weighted by Crippen LogP contribution is 2.32. The number of alkyl halides is 2. The van der Waals surface area contributed by atoms with Crippen molar-refractivity contribution in [2.75, 3.05) is 13.1 Å². The third kappa shape index (κ3) is 3.24. The number of carbonyl (C=O) groups excluding carboxylic acids is 1. The lowest BCUT2D eigenvalue weighted by atomic mass is 10.0. The van der Waals surface area contributed by atoms with Gasteiger partial charge in [0.25, 0.3) is 5.92 Å². The second kappa shape index (κ2) is 6.33. The first kappa shape index (κ1) is 17.4. The zero-order valence-corrected chi connectivity index (χ0v) is 14.5. The van der Waals surface area contributed by atoms with Gasteiger partial charge in [-0.15, -0.1) is 0 Å². The van der Waals surface area contributed by atoms with Gasteiger partial charge in [0.2, 0.25) is 5.91 Å². The highest BCUT2D eigenvalue weighted by molar-refractivity contribution is 5.79. The van der Waals surface area contributed by atoms with Crippen molar-refractivity contribution in [2.45, 2.75) is 25.8 Å². The van der Waals surface area contributed by atoms with Crippen LogP contribution in [0.1, 0.15) is 18.9 Å². The van der Waals surface area contributed by atoms with E-state index in [-0.39, 0.29) is 12.5 Å². The van der Waals surface area contributed by atoms with Crippen molar-refractivity contribution in [3.05, 3.63) is 42.0 Å². The number of aromatic nitrogens is 4. The zero-order valence-electron chi connectivity index (χ0n) is 14.5. The maximum Gasteiger partial charge on any atom is 0.273 e. The van der Waals surface area contributed by atoms with Crippen LogP contribution in [-0.2, 0) is 17.3 Å². The molecule has 140 valence electrons. The molecule has 1 fully saturated rings. The van der Waals surface area contributed by atoms with Crippen LogP contribution in [0.5, 0.6) is 0 Å². The van der Waals surface area contributed by atoms with Gasteiger partial charge in [-0.3, -0.25) is 4.79 Å². The second-order valence-corrected chi connectivity index (χ2v) is 6.58. The van der Waals surface area contributed by atoms with Crippen molar-refractivity contribution in [1.29, 1.82) is 0 Å². The molecule has 2 aromatic heterocycles. The number of carbonyl (C=O) groups is 1. The average Bonchev–Trinajstić information content (AvgIpc) is 2.95. The molecule has 1 amide bonds. The molecule has 0 N–H and O–H groups in total. The van der Waals surface area contributed by atoms with Gasteiger partial charge in [-0.2, -0.15) is 5.10 Å². The van der Waals surface area contributed by atoms with Gasteiger partial charge in [0, 0.05) is 25.6 Å². The number of nitrogens with zero attached hydrogens (tertiary/aromatic N) is 5. The summed E-state index contributed by atoms with van der Waals surface area (Å²) in [6, 6.07) is 3.42. The normalized spacial score (nSPS) is 14.4. The fourth-order valence-corrected chi connectivity index (χ4v) is 2.92. The van der Waals surface area contributed by atoms with Gasteiger partial charge in [0.15, 0.2) is 5.65 Å². The molecule has 4 rings (SSSR count). The van der Waals surface area contributed by atoms with Crippen LogP contribution < -0.4 is 0 Å². The molecule has 6 nitrogen and oxygen atoms in total. The van der Waals surface area contributed by atoms with Gasteiger partial charge in [0.05, 0.1) is 23.7 Å². The Kier molecular flexibility index (Phi) is 4.09. The van der Waals surface area contributed by atoms with E-state index < -0.39 is 17.3 Å². The first-order valence-corrected chi connectivity index (χ1v) is 8.47. The summed E-state index contributed by atoms with van der Waals surface area (Å²) in [4.78, 5) is 22.5. The predicted molar refractivity (Wildman–Crippen MR) is 91.5 cm³/mol. The van der Waals surface area contributed by atoms with Crippen LogP contribution in [0.3, 0.4) is 0 Å². The van der Waals surface area contributed by atoms with Crippen LogP contribution in [-0.4, -0.2) is 43.6 Å². The molecule has 27 heavy (non-hydrogen) atoms. The van der Waals surface area contributed by atoms with Crippen LogP contribution in [0.2, 0.25) is 0 Å². The Bertz CT molecular complexity index is 1020. The number of likely N-dealkylation sites (tertiary alicyclic amines) is 1. The Morgan fingerprint density at radius 2 is 2.04 bits per heavy atom. The molecule has 9 heteroatoms. The smallest absolute Gasteiger partial charge is 0.273 e. The van der Waals surface area contributed by atoms with Crippen molar-refractivity contribution in [3.8, 4) is 11.3 Å². The van der Waals surface area contributed by atoms with E-state index >= 15 is 0 Å². The van der Waals surface area contributed by atoms with Crippen molar-refractivity contribution in [1.82, 2.24) is 24.6 Å². The molecule has 0 saturated carbocycles. The Balaban J connectivity index is 1.71. The fourth-order valence-electron chi connectivity index (χ4n) is 2.92. The fraction of sp³-hybridized carbons (Fsp3) is 0.333. The number of hydrogen-bond donors (Lipinski definition) is 0. The molecular formula is C18H16F3N5O. The highest BCUT2D eigenvalue weighted by atomic mass is 19.3. The lowest BCUT2D eigenvalue weighted by molar-refractivity contribution is -0.135. The monoisotopic (exact) mass is 375 g/mol. The lowest BCUT2D eigenvalue weighted by Gasteiger charge is -2.30. The summed E-state index contributed by atoms with van der Waals surface area (Å²) in [7, 11) is 0. The molecule has 3 heterocycles. The average molecular weight is 375 g/mol. The SMILES string of the molecule is CC(F)(F)c1cc(-c2cnc3cnn(CC(=O)N4CCC4)c3n2)ccc1F. The minimum absolute atomic E-state index is 0.0311.